The fraction of sp³-hybridized carbons (Fsp3) is 0.240. The smallest absolute Gasteiger partial charge is 0.215 e. The second kappa shape index (κ2) is 10.1. The van der Waals surface area contributed by atoms with Gasteiger partial charge in [0.05, 0.1) is 30.2 Å². The molecular formula is C25H27N3O4S. The zero-order chi connectivity index (χ0) is 23.3. The van der Waals surface area contributed by atoms with Crippen molar-refractivity contribution in [2.45, 2.75) is 19.7 Å². The first-order valence-electron chi connectivity index (χ1n) is 10.6. The average Bonchev–Trinajstić information content (AvgIpc) is 3.25. The number of fused-ring (bicyclic) bond motifs is 1. The highest BCUT2D eigenvalue weighted by molar-refractivity contribution is 7.89. The maximum absolute atomic E-state index is 12.9. The van der Waals surface area contributed by atoms with Gasteiger partial charge in [-0.3, -0.25) is 0 Å². The molecule has 172 valence electrons. The highest BCUT2D eigenvalue weighted by Gasteiger charge is 2.19. The molecule has 0 bridgehead atoms. The summed E-state index contributed by atoms with van der Waals surface area (Å²) in [5.41, 5.74) is 3.65. The summed E-state index contributed by atoms with van der Waals surface area (Å²) in [6, 6.07) is 23.0. The molecule has 0 N–H and O–H groups in total. The van der Waals surface area contributed by atoms with Gasteiger partial charge in [0.2, 0.25) is 10.0 Å². The number of sulfonamides is 1. The number of hydrogen-bond acceptors (Lipinski definition) is 5. The summed E-state index contributed by atoms with van der Waals surface area (Å²) in [6.45, 7) is 0.999. The van der Waals surface area contributed by atoms with Gasteiger partial charge in [0, 0.05) is 20.1 Å². The van der Waals surface area contributed by atoms with Crippen molar-refractivity contribution in [2.75, 3.05) is 19.9 Å². The number of benzene rings is 3. The lowest BCUT2D eigenvalue weighted by atomic mass is 10.2. The topological polar surface area (TPSA) is 73.7 Å². The van der Waals surface area contributed by atoms with Crippen molar-refractivity contribution >= 4 is 21.1 Å². The van der Waals surface area contributed by atoms with Crippen LogP contribution in [0.15, 0.2) is 79.1 Å². The molecular weight excluding hydrogens is 438 g/mol. The minimum absolute atomic E-state index is 0.0146. The lowest BCUT2D eigenvalue weighted by Crippen LogP contribution is -2.30. The number of para-hydroxylation sites is 2. The lowest BCUT2D eigenvalue weighted by Gasteiger charge is -2.19. The summed E-state index contributed by atoms with van der Waals surface area (Å²) in [5, 5.41) is 0. The monoisotopic (exact) mass is 465 g/mol. The quantitative estimate of drug-likeness (QED) is 0.353. The van der Waals surface area contributed by atoms with Gasteiger partial charge in [-0.25, -0.2) is 17.7 Å². The van der Waals surface area contributed by atoms with E-state index in [9.17, 15) is 8.42 Å². The first-order chi connectivity index (χ1) is 16.0. The van der Waals surface area contributed by atoms with Gasteiger partial charge in [-0.1, -0.05) is 48.5 Å². The van der Waals surface area contributed by atoms with E-state index in [2.05, 4.69) is 4.98 Å². The molecule has 0 radical (unpaired) electrons. The second-order valence-corrected chi connectivity index (χ2v) is 9.95. The van der Waals surface area contributed by atoms with E-state index in [-0.39, 0.29) is 12.3 Å². The molecule has 0 aliphatic rings. The summed E-state index contributed by atoms with van der Waals surface area (Å²) < 4.78 is 40.4. The number of methoxy groups -OCH3 is 1. The zero-order valence-corrected chi connectivity index (χ0v) is 19.5. The van der Waals surface area contributed by atoms with Gasteiger partial charge in [0.1, 0.15) is 6.61 Å². The minimum atomic E-state index is -3.47. The first-order valence-corrected chi connectivity index (χ1v) is 12.2. The minimum Gasteiger partial charge on any atom is -0.493 e. The van der Waals surface area contributed by atoms with Crippen molar-refractivity contribution in [3.8, 4) is 11.5 Å². The molecule has 7 nitrogen and oxygen atoms in total. The standard InChI is InChI=1S/C25H27N3O4S/c1-27(33(29,30)15-14-28-19-26-22-10-6-7-11-23(22)28)17-21-12-13-24(25(16-21)31-2)32-18-20-8-4-3-5-9-20/h3-13,16,19H,14-15,17-18H2,1-2H3. The molecule has 8 heteroatoms. The van der Waals surface area contributed by atoms with Gasteiger partial charge >= 0.3 is 0 Å². The molecule has 0 saturated carbocycles. The molecule has 3 aromatic carbocycles. The first kappa shape index (κ1) is 22.8. The Hall–Kier alpha value is -3.36. The summed E-state index contributed by atoms with van der Waals surface area (Å²) in [5.74, 6) is 1.17. The summed E-state index contributed by atoms with van der Waals surface area (Å²) in [7, 11) is -0.302. The number of nitrogens with zero attached hydrogens (tertiary/aromatic N) is 3. The molecule has 1 heterocycles. The summed E-state index contributed by atoms with van der Waals surface area (Å²) >= 11 is 0. The Morgan fingerprint density at radius 3 is 2.48 bits per heavy atom. The predicted molar refractivity (Wildman–Crippen MR) is 129 cm³/mol. The van der Waals surface area contributed by atoms with Gasteiger partial charge in [-0.15, -0.1) is 0 Å². The largest absolute Gasteiger partial charge is 0.493 e. The van der Waals surface area contributed by atoms with Crippen molar-refractivity contribution in [3.63, 3.8) is 0 Å². The number of aryl methyl sites for hydroxylation is 1. The van der Waals surface area contributed by atoms with E-state index in [1.54, 1.807) is 20.5 Å². The molecule has 0 atom stereocenters. The van der Waals surface area contributed by atoms with Crippen molar-refractivity contribution in [3.05, 3.63) is 90.3 Å². The van der Waals surface area contributed by atoms with Crippen LogP contribution in [0.4, 0.5) is 0 Å². The highest BCUT2D eigenvalue weighted by Crippen LogP contribution is 2.29. The van der Waals surface area contributed by atoms with Crippen molar-refractivity contribution in [1.82, 2.24) is 13.9 Å². The van der Waals surface area contributed by atoms with E-state index in [4.69, 9.17) is 9.47 Å². The van der Waals surface area contributed by atoms with Crippen LogP contribution in [0.2, 0.25) is 0 Å². The van der Waals surface area contributed by atoms with Crippen LogP contribution in [-0.4, -0.2) is 42.2 Å². The third kappa shape index (κ3) is 5.53. The van der Waals surface area contributed by atoms with Crippen LogP contribution >= 0.6 is 0 Å². The predicted octanol–water partition coefficient (Wildman–Crippen LogP) is 4.09. The van der Waals surface area contributed by atoms with Crippen LogP contribution in [0.25, 0.3) is 11.0 Å². The average molecular weight is 466 g/mol. The number of rotatable bonds is 10. The van der Waals surface area contributed by atoms with Crippen LogP contribution < -0.4 is 9.47 Å². The number of ether oxygens (including phenoxy) is 2. The van der Waals surface area contributed by atoms with Crippen LogP contribution in [-0.2, 0) is 29.7 Å². The van der Waals surface area contributed by atoms with Crippen LogP contribution in [0, 0.1) is 0 Å². The molecule has 4 aromatic rings. The SMILES string of the molecule is COc1cc(CN(C)S(=O)(=O)CCn2cnc3ccccc32)ccc1OCc1ccccc1. The highest BCUT2D eigenvalue weighted by atomic mass is 32.2. The van der Waals surface area contributed by atoms with Crippen molar-refractivity contribution < 1.29 is 17.9 Å². The normalized spacial score (nSPS) is 11.7. The lowest BCUT2D eigenvalue weighted by molar-refractivity contribution is 0.284. The molecule has 0 saturated heterocycles. The molecule has 0 unspecified atom stereocenters. The van der Waals surface area contributed by atoms with E-state index in [1.165, 1.54) is 4.31 Å². The molecule has 0 aliphatic carbocycles. The van der Waals surface area contributed by atoms with Crippen LogP contribution in [0.1, 0.15) is 11.1 Å². The fourth-order valence-corrected chi connectivity index (χ4v) is 4.66. The number of hydrogen-bond donors (Lipinski definition) is 0. The third-order valence-corrected chi connectivity index (χ3v) is 7.24. The maximum atomic E-state index is 12.9. The molecule has 0 amide bonds. The van der Waals surface area contributed by atoms with E-state index in [0.29, 0.717) is 24.7 Å². The molecule has 0 aliphatic heterocycles. The Morgan fingerprint density at radius 2 is 1.70 bits per heavy atom. The van der Waals surface area contributed by atoms with Gasteiger partial charge in [0.15, 0.2) is 11.5 Å². The molecule has 4 rings (SSSR count). The number of aromatic nitrogens is 2. The summed E-state index contributed by atoms with van der Waals surface area (Å²) in [4.78, 5) is 4.32. The Morgan fingerprint density at radius 1 is 0.939 bits per heavy atom. The molecule has 33 heavy (non-hydrogen) atoms. The van der Waals surface area contributed by atoms with E-state index < -0.39 is 10.0 Å². The Labute approximate surface area is 194 Å². The maximum Gasteiger partial charge on any atom is 0.215 e. The van der Waals surface area contributed by atoms with Gasteiger partial charge in [0.25, 0.3) is 0 Å². The van der Waals surface area contributed by atoms with E-state index in [0.717, 1.165) is 22.2 Å². The van der Waals surface area contributed by atoms with E-state index in [1.807, 2.05) is 77.4 Å². The van der Waals surface area contributed by atoms with E-state index >= 15 is 0 Å². The van der Waals surface area contributed by atoms with Crippen molar-refractivity contribution in [2.24, 2.45) is 0 Å². The van der Waals surface area contributed by atoms with Crippen LogP contribution in [0.3, 0.4) is 0 Å². The molecule has 1 aromatic heterocycles. The molecule has 0 fully saturated rings. The third-order valence-electron chi connectivity index (χ3n) is 5.46. The van der Waals surface area contributed by atoms with Gasteiger partial charge in [-0.05, 0) is 35.4 Å². The van der Waals surface area contributed by atoms with Crippen LogP contribution in [0.5, 0.6) is 11.5 Å². The molecule has 0 spiro atoms. The second-order valence-electron chi connectivity index (χ2n) is 7.76. The van der Waals surface area contributed by atoms with Gasteiger partial charge < -0.3 is 14.0 Å². The Kier molecular flexibility index (Phi) is 6.96. The van der Waals surface area contributed by atoms with Gasteiger partial charge in [-0.2, -0.15) is 0 Å². The Balaban J connectivity index is 1.39. The fourth-order valence-electron chi connectivity index (χ4n) is 3.58. The summed E-state index contributed by atoms with van der Waals surface area (Å²) in [6.07, 6.45) is 1.68. The Bertz CT molecular complexity index is 1320. The zero-order valence-electron chi connectivity index (χ0n) is 18.7. The number of imidazole rings is 1. The van der Waals surface area contributed by atoms with Crippen molar-refractivity contribution in [1.29, 1.82) is 0 Å².